The third-order valence-electron chi connectivity index (χ3n) is 3.85. The topological polar surface area (TPSA) is 42.3 Å². The van der Waals surface area contributed by atoms with Gasteiger partial charge in [0.1, 0.15) is 0 Å². The van der Waals surface area contributed by atoms with Crippen LogP contribution in [0.1, 0.15) is 83.1 Å². The number of halogens is 1. The predicted molar refractivity (Wildman–Crippen MR) is 160 cm³/mol. The fourth-order valence-electron chi connectivity index (χ4n) is 2.28. The molecule has 0 saturated carbocycles. The van der Waals surface area contributed by atoms with E-state index in [1.165, 1.54) is 0 Å². The molecule has 0 aliphatic carbocycles. The Kier molecular flexibility index (Phi) is 36.9. The SMILES string of the molecule is CC(C)C[N-]CC(C)C.CC(C)C[N-]CC(C)C.CC(C)C[N-]CC(C)C.F[SiH2][c-]1cccc1.[Zr+4]. The van der Waals surface area contributed by atoms with Gasteiger partial charge in [0.2, 0.25) is 0 Å². The standard InChI is InChI=1S/3C8H18N.C5H6FSi.Zr/c3*1-7(2)5-9-6-8(3)4;6-7-5-3-1-2-4-5;/h3*7-8H,5-6H2,1-4H3;1-4H,7H2;/q4*-1;+4. The molecule has 206 valence electrons. The van der Waals surface area contributed by atoms with Crippen molar-refractivity contribution < 1.29 is 30.3 Å². The van der Waals surface area contributed by atoms with E-state index in [9.17, 15) is 4.11 Å². The maximum atomic E-state index is 11.7. The van der Waals surface area contributed by atoms with E-state index >= 15 is 0 Å². The van der Waals surface area contributed by atoms with E-state index in [4.69, 9.17) is 0 Å². The van der Waals surface area contributed by atoms with Gasteiger partial charge in [-0.1, -0.05) is 119 Å². The van der Waals surface area contributed by atoms with Gasteiger partial charge in [-0.05, 0) is 0 Å². The molecule has 0 fully saturated rings. The van der Waals surface area contributed by atoms with E-state index in [0.29, 0.717) is 0 Å². The van der Waals surface area contributed by atoms with Crippen LogP contribution in [0.25, 0.3) is 16.0 Å². The zero-order valence-corrected chi connectivity index (χ0v) is 29.3. The minimum absolute atomic E-state index is 0. The summed E-state index contributed by atoms with van der Waals surface area (Å²) in [4.78, 5) is 0. The molecule has 1 aromatic rings. The normalized spacial score (nSPS) is 10.9. The first kappa shape index (κ1) is 42.4. The molecular formula is C29H60FN3SiZr. The summed E-state index contributed by atoms with van der Waals surface area (Å²) >= 11 is 0. The zero-order valence-electron chi connectivity index (χ0n) is 25.4. The average Bonchev–Trinajstić information content (AvgIpc) is 3.21. The summed E-state index contributed by atoms with van der Waals surface area (Å²) in [7, 11) is -1.37. The first-order chi connectivity index (χ1) is 15.8. The Morgan fingerprint density at radius 3 is 0.829 bits per heavy atom. The Balaban J connectivity index is -0.000000182. The van der Waals surface area contributed by atoms with Crippen LogP contribution >= 0.6 is 0 Å². The third-order valence-corrected chi connectivity index (χ3v) is 4.63. The van der Waals surface area contributed by atoms with Crippen LogP contribution in [-0.2, 0) is 26.2 Å². The van der Waals surface area contributed by atoms with Gasteiger partial charge in [-0.25, -0.2) is 12.1 Å². The fourth-order valence-corrected chi connectivity index (χ4v) is 2.73. The van der Waals surface area contributed by atoms with Crippen molar-refractivity contribution >= 4 is 15.0 Å². The Hall–Kier alpha value is 0.260. The number of hydrogen-bond acceptors (Lipinski definition) is 0. The predicted octanol–water partition coefficient (Wildman–Crippen LogP) is 8.10. The smallest absolute Gasteiger partial charge is 0.662 e. The van der Waals surface area contributed by atoms with Gasteiger partial charge < -0.3 is 20.1 Å². The van der Waals surface area contributed by atoms with Gasteiger partial charge in [0.25, 0.3) is 0 Å². The molecule has 1 aromatic carbocycles. The molecule has 0 unspecified atom stereocenters. The Labute approximate surface area is 242 Å². The van der Waals surface area contributed by atoms with Gasteiger partial charge in [0.05, 0.1) is 0 Å². The summed E-state index contributed by atoms with van der Waals surface area (Å²) in [5, 5.41) is 14.0. The molecule has 35 heavy (non-hydrogen) atoms. The summed E-state index contributed by atoms with van der Waals surface area (Å²) < 4.78 is 11.7. The van der Waals surface area contributed by atoms with Gasteiger partial charge in [-0.3, -0.25) is 0 Å². The van der Waals surface area contributed by atoms with Crippen molar-refractivity contribution in [3.8, 4) is 0 Å². The Bertz CT molecular complexity index is 411. The molecule has 0 heterocycles. The van der Waals surface area contributed by atoms with Crippen molar-refractivity contribution in [1.29, 1.82) is 0 Å². The molecule has 1 rings (SSSR count). The van der Waals surface area contributed by atoms with Crippen LogP contribution in [0, 0.1) is 35.5 Å². The number of nitrogens with zero attached hydrogens (tertiary/aromatic N) is 3. The van der Waals surface area contributed by atoms with Crippen LogP contribution in [0.2, 0.25) is 0 Å². The van der Waals surface area contributed by atoms with E-state index < -0.39 is 9.85 Å². The van der Waals surface area contributed by atoms with Crippen molar-refractivity contribution in [2.24, 2.45) is 35.5 Å². The average molecular weight is 589 g/mol. The summed E-state index contributed by atoms with van der Waals surface area (Å²) in [6, 6.07) is 7.38. The van der Waals surface area contributed by atoms with Crippen LogP contribution in [0.4, 0.5) is 4.11 Å². The van der Waals surface area contributed by atoms with E-state index in [-0.39, 0.29) is 26.2 Å². The summed E-state index contributed by atoms with van der Waals surface area (Å²) in [5.74, 6) is 4.35. The quantitative estimate of drug-likeness (QED) is 0.127. The molecule has 0 amide bonds. The molecule has 0 atom stereocenters. The van der Waals surface area contributed by atoms with Crippen LogP contribution in [0.15, 0.2) is 24.3 Å². The van der Waals surface area contributed by atoms with E-state index in [1.54, 1.807) is 0 Å². The van der Waals surface area contributed by atoms with Gasteiger partial charge >= 0.3 is 26.2 Å². The number of hydrogen-bond donors (Lipinski definition) is 0. The maximum absolute atomic E-state index is 11.7. The van der Waals surface area contributed by atoms with Gasteiger partial charge in [-0.2, -0.15) is 12.1 Å². The van der Waals surface area contributed by atoms with Gasteiger partial charge in [0, 0.05) is 0 Å². The van der Waals surface area contributed by atoms with E-state index in [1.807, 2.05) is 24.3 Å². The molecule has 6 heteroatoms. The van der Waals surface area contributed by atoms with Crippen molar-refractivity contribution in [2.75, 3.05) is 39.3 Å². The summed E-state index contributed by atoms with van der Waals surface area (Å²) in [6.45, 7) is 32.5. The maximum Gasteiger partial charge on any atom is 4.00 e. The second-order valence-electron chi connectivity index (χ2n) is 11.6. The molecule has 0 aromatic heterocycles. The summed E-state index contributed by atoms with van der Waals surface area (Å²) in [6.07, 6.45) is 0. The van der Waals surface area contributed by atoms with Crippen molar-refractivity contribution in [2.45, 2.75) is 83.1 Å². The second kappa shape index (κ2) is 30.5. The van der Waals surface area contributed by atoms with Crippen molar-refractivity contribution in [3.05, 3.63) is 40.2 Å². The Morgan fingerprint density at radius 2 is 0.714 bits per heavy atom. The molecule has 0 aliphatic heterocycles. The van der Waals surface area contributed by atoms with Gasteiger partial charge in [-0.15, -0.1) is 44.5 Å². The van der Waals surface area contributed by atoms with Gasteiger partial charge in [0.15, 0.2) is 9.85 Å². The van der Waals surface area contributed by atoms with Crippen LogP contribution in [0.5, 0.6) is 0 Å². The summed E-state index contributed by atoms with van der Waals surface area (Å²) in [5.41, 5.74) is 0. The van der Waals surface area contributed by atoms with Crippen molar-refractivity contribution in [3.63, 3.8) is 0 Å². The first-order valence-electron chi connectivity index (χ1n) is 13.5. The molecule has 0 N–H and O–H groups in total. The van der Waals surface area contributed by atoms with Crippen molar-refractivity contribution in [1.82, 2.24) is 0 Å². The minimum Gasteiger partial charge on any atom is -0.662 e. The van der Waals surface area contributed by atoms with Crippen LogP contribution in [0.3, 0.4) is 0 Å². The van der Waals surface area contributed by atoms with E-state index in [2.05, 4.69) is 99.0 Å². The molecule has 0 aliphatic rings. The molecule has 0 radical (unpaired) electrons. The molecular weight excluding hydrogens is 529 g/mol. The zero-order chi connectivity index (χ0) is 26.9. The molecule has 3 nitrogen and oxygen atoms in total. The minimum atomic E-state index is -1.37. The van der Waals surface area contributed by atoms with E-state index in [0.717, 1.165) is 80.0 Å². The largest absolute Gasteiger partial charge is 4.00 e. The monoisotopic (exact) mass is 587 g/mol. The third kappa shape index (κ3) is 48.0. The second-order valence-corrected chi connectivity index (χ2v) is 12.6. The molecule has 0 saturated heterocycles. The first-order valence-corrected chi connectivity index (χ1v) is 14.7. The van der Waals surface area contributed by atoms with Crippen LogP contribution < -0.4 is 5.19 Å². The van der Waals surface area contributed by atoms with Crippen LogP contribution in [-0.4, -0.2) is 49.1 Å². The molecule has 0 bridgehead atoms. The fraction of sp³-hybridized carbons (Fsp3) is 0.828. The Morgan fingerprint density at radius 1 is 0.514 bits per heavy atom. The number of rotatable bonds is 13. The molecule has 0 spiro atoms.